The maximum atomic E-state index is 14.5. The number of methoxy groups -OCH3 is 2. The van der Waals surface area contributed by atoms with Crippen molar-refractivity contribution in [2.45, 2.75) is 19.6 Å². The summed E-state index contributed by atoms with van der Waals surface area (Å²) >= 11 is 5.82. The van der Waals surface area contributed by atoms with E-state index in [1.54, 1.807) is 24.0 Å². The number of allylic oxidation sites excluding steroid dienone is 2. The highest BCUT2D eigenvalue weighted by atomic mass is 35.5. The van der Waals surface area contributed by atoms with Crippen molar-refractivity contribution in [1.82, 2.24) is 14.9 Å². The summed E-state index contributed by atoms with van der Waals surface area (Å²) in [5.41, 5.74) is 1.23. The lowest BCUT2D eigenvalue weighted by Crippen LogP contribution is -2.34. The van der Waals surface area contributed by atoms with Crippen LogP contribution in [0.4, 0.5) is 10.1 Å². The minimum absolute atomic E-state index is 0.0312. The molecular weight excluding hydrogens is 465 g/mol. The largest absolute Gasteiger partial charge is 0.495 e. The average molecular weight is 486 g/mol. The summed E-state index contributed by atoms with van der Waals surface area (Å²) < 4.78 is 24.8. The summed E-state index contributed by atoms with van der Waals surface area (Å²) in [6, 6.07) is 4.21. The lowest BCUT2D eigenvalue weighted by Gasteiger charge is -2.29. The number of ether oxygens (including phenoxy) is 2. The Hall–Kier alpha value is -3.79. The van der Waals surface area contributed by atoms with Crippen molar-refractivity contribution in [3.05, 3.63) is 70.2 Å². The number of aliphatic imine (C=N–C) groups is 1. The predicted molar refractivity (Wildman–Crippen MR) is 123 cm³/mol. The van der Waals surface area contributed by atoms with Gasteiger partial charge in [0.15, 0.2) is 0 Å². The molecule has 1 amide bonds. The van der Waals surface area contributed by atoms with Gasteiger partial charge in [-0.3, -0.25) is 19.6 Å². The first kappa shape index (κ1) is 23.4. The zero-order valence-electron chi connectivity index (χ0n) is 18.6. The Labute approximate surface area is 200 Å². The van der Waals surface area contributed by atoms with Gasteiger partial charge in [-0.1, -0.05) is 11.6 Å². The van der Waals surface area contributed by atoms with E-state index >= 15 is 0 Å². The molecule has 2 atom stereocenters. The Morgan fingerprint density at radius 2 is 2.03 bits per heavy atom. The van der Waals surface area contributed by atoms with Gasteiger partial charge < -0.3 is 19.7 Å². The van der Waals surface area contributed by atoms with Crippen LogP contribution in [0, 0.1) is 11.7 Å². The third kappa shape index (κ3) is 4.49. The molecule has 176 valence electrons. The molecule has 9 nitrogen and oxygen atoms in total. The maximum absolute atomic E-state index is 14.5. The van der Waals surface area contributed by atoms with Gasteiger partial charge in [0, 0.05) is 35.4 Å². The second-order valence-corrected chi connectivity index (χ2v) is 8.01. The van der Waals surface area contributed by atoms with Crippen molar-refractivity contribution in [3.8, 4) is 5.88 Å². The molecule has 2 aromatic rings. The molecule has 0 saturated heterocycles. The topological polar surface area (TPSA) is 106 Å². The van der Waals surface area contributed by atoms with Gasteiger partial charge in [0.05, 0.1) is 43.6 Å². The van der Waals surface area contributed by atoms with Gasteiger partial charge >= 0.3 is 0 Å². The molecule has 2 unspecified atom stereocenters. The van der Waals surface area contributed by atoms with Crippen LogP contribution in [0.1, 0.15) is 12.6 Å². The standard InChI is InChI=1S/C23H21ClFN5O4/c1-12-20(21(31)23(32)29-14-4-5-26-19(7-14)34-3)16-8-15(33-2)10-28-22(16)30(12)11-18-17(25)6-13(24)9-27-18/h4-10,16,22H,11H2,1-3H3,(H,26,29,32). The molecule has 0 aromatic carbocycles. The number of dihydropyridines is 1. The van der Waals surface area contributed by atoms with Crippen LogP contribution in [0.15, 0.2) is 58.7 Å². The van der Waals surface area contributed by atoms with E-state index in [9.17, 15) is 14.0 Å². The van der Waals surface area contributed by atoms with E-state index in [0.717, 1.165) is 0 Å². The van der Waals surface area contributed by atoms with E-state index in [0.29, 0.717) is 23.0 Å². The Morgan fingerprint density at radius 1 is 1.24 bits per heavy atom. The van der Waals surface area contributed by atoms with Crippen molar-refractivity contribution >= 4 is 35.2 Å². The van der Waals surface area contributed by atoms with Gasteiger partial charge in [-0.25, -0.2) is 9.37 Å². The number of carbonyl (C=O) groups is 2. The van der Waals surface area contributed by atoms with E-state index in [4.69, 9.17) is 21.1 Å². The number of nitrogens with one attached hydrogen (secondary N) is 1. The SMILES string of the molecule is COC1=CC2C(C(=O)C(=O)Nc3ccnc(OC)c3)=C(C)N(Cc3ncc(Cl)cc3F)C2N=C1. The second-order valence-electron chi connectivity index (χ2n) is 7.57. The van der Waals surface area contributed by atoms with Gasteiger partial charge in [0.25, 0.3) is 5.91 Å². The molecule has 11 heteroatoms. The second kappa shape index (κ2) is 9.60. The summed E-state index contributed by atoms with van der Waals surface area (Å²) in [7, 11) is 2.93. The van der Waals surface area contributed by atoms with Gasteiger partial charge in [-0.2, -0.15) is 0 Å². The van der Waals surface area contributed by atoms with Gasteiger partial charge in [-0.05, 0) is 25.1 Å². The maximum Gasteiger partial charge on any atom is 0.296 e. The zero-order chi connectivity index (χ0) is 24.4. The number of Topliss-reactive ketones (excluding diaryl/α,β-unsaturated/α-hetero) is 1. The van der Waals surface area contributed by atoms with Crippen LogP contribution in [-0.2, 0) is 20.9 Å². The van der Waals surface area contributed by atoms with Crippen LogP contribution in [0.25, 0.3) is 0 Å². The summed E-state index contributed by atoms with van der Waals surface area (Å²) in [6.07, 6.45) is 5.49. The Bertz CT molecular complexity index is 1250. The van der Waals surface area contributed by atoms with E-state index in [2.05, 4.69) is 20.3 Å². The summed E-state index contributed by atoms with van der Waals surface area (Å²) in [6.45, 7) is 1.72. The Morgan fingerprint density at radius 3 is 2.74 bits per heavy atom. The highest BCUT2D eigenvalue weighted by Crippen LogP contribution is 2.39. The van der Waals surface area contributed by atoms with Crippen molar-refractivity contribution in [3.63, 3.8) is 0 Å². The molecule has 1 N–H and O–H groups in total. The minimum atomic E-state index is -0.832. The molecule has 4 rings (SSSR count). The summed E-state index contributed by atoms with van der Waals surface area (Å²) in [4.78, 5) is 40.5. The molecule has 0 aliphatic carbocycles. The highest BCUT2D eigenvalue weighted by Gasteiger charge is 2.44. The number of carbonyl (C=O) groups excluding carboxylic acids is 2. The smallest absolute Gasteiger partial charge is 0.296 e. The quantitative estimate of drug-likeness (QED) is 0.600. The fourth-order valence-electron chi connectivity index (χ4n) is 3.93. The first-order chi connectivity index (χ1) is 16.3. The van der Waals surface area contributed by atoms with Crippen molar-refractivity contribution in [1.29, 1.82) is 0 Å². The summed E-state index contributed by atoms with van der Waals surface area (Å²) in [5, 5.41) is 2.75. The van der Waals surface area contributed by atoms with Crippen LogP contribution in [-0.4, -0.2) is 53.2 Å². The highest BCUT2D eigenvalue weighted by molar-refractivity contribution is 6.46. The molecule has 0 fully saturated rings. The fraction of sp³-hybridized carbons (Fsp3) is 0.261. The number of fused-ring (bicyclic) bond motifs is 1. The molecule has 0 spiro atoms. The van der Waals surface area contributed by atoms with Crippen LogP contribution in [0.2, 0.25) is 5.02 Å². The van der Waals surface area contributed by atoms with E-state index in [1.165, 1.54) is 45.0 Å². The minimum Gasteiger partial charge on any atom is -0.495 e. The number of rotatable bonds is 7. The molecule has 0 radical (unpaired) electrons. The normalized spacial score (nSPS) is 19.0. The predicted octanol–water partition coefficient (Wildman–Crippen LogP) is 3.13. The number of aromatic nitrogens is 2. The number of hydrogen-bond donors (Lipinski definition) is 1. The lowest BCUT2D eigenvalue weighted by molar-refractivity contribution is -0.132. The molecule has 4 heterocycles. The van der Waals surface area contributed by atoms with E-state index in [1.807, 2.05) is 0 Å². The van der Waals surface area contributed by atoms with Crippen LogP contribution in [0.5, 0.6) is 5.88 Å². The van der Waals surface area contributed by atoms with Gasteiger partial charge in [0.1, 0.15) is 17.7 Å². The van der Waals surface area contributed by atoms with Crippen LogP contribution >= 0.6 is 11.6 Å². The molecular formula is C23H21ClFN5O4. The van der Waals surface area contributed by atoms with E-state index < -0.39 is 29.6 Å². The molecule has 2 aromatic heterocycles. The van der Waals surface area contributed by atoms with Crippen molar-refractivity contribution < 1.29 is 23.5 Å². The lowest BCUT2D eigenvalue weighted by atomic mass is 9.92. The molecule has 34 heavy (non-hydrogen) atoms. The van der Waals surface area contributed by atoms with Crippen molar-refractivity contribution in [2.24, 2.45) is 10.9 Å². The van der Waals surface area contributed by atoms with Crippen LogP contribution < -0.4 is 10.1 Å². The number of amides is 1. The molecule has 2 aliphatic heterocycles. The van der Waals surface area contributed by atoms with E-state index in [-0.39, 0.29) is 22.8 Å². The monoisotopic (exact) mass is 485 g/mol. The third-order valence-corrected chi connectivity index (χ3v) is 5.79. The Kier molecular flexibility index (Phi) is 6.60. The number of hydrogen-bond acceptors (Lipinski definition) is 8. The number of ketones is 1. The average Bonchev–Trinajstić information content (AvgIpc) is 3.10. The third-order valence-electron chi connectivity index (χ3n) is 5.59. The van der Waals surface area contributed by atoms with Gasteiger partial charge in [0.2, 0.25) is 11.7 Å². The fourth-order valence-corrected chi connectivity index (χ4v) is 4.07. The first-order valence-corrected chi connectivity index (χ1v) is 10.6. The zero-order valence-corrected chi connectivity index (χ0v) is 19.3. The van der Waals surface area contributed by atoms with Gasteiger partial charge in [-0.15, -0.1) is 0 Å². The molecule has 0 saturated carbocycles. The first-order valence-electron chi connectivity index (χ1n) is 10.2. The number of nitrogens with zero attached hydrogens (tertiary/aromatic N) is 4. The molecule has 0 bridgehead atoms. The van der Waals surface area contributed by atoms with Crippen molar-refractivity contribution in [2.75, 3.05) is 19.5 Å². The Balaban J connectivity index is 1.66. The molecule has 2 aliphatic rings. The van der Waals surface area contributed by atoms with Crippen LogP contribution in [0.3, 0.4) is 0 Å². The number of anilines is 1. The number of pyridine rings is 2. The number of halogens is 2. The summed E-state index contributed by atoms with van der Waals surface area (Å²) in [5.74, 6) is -1.97.